The van der Waals surface area contributed by atoms with Crippen molar-refractivity contribution >= 4 is 28.9 Å². The van der Waals surface area contributed by atoms with Crippen LogP contribution >= 0.6 is 12.2 Å². The van der Waals surface area contributed by atoms with Gasteiger partial charge in [0.05, 0.1) is 0 Å². The monoisotopic (exact) mass is 321 g/mol. The predicted octanol–water partition coefficient (Wildman–Crippen LogP) is 3.29. The molecular weight excluding hydrogens is 298 g/mol. The Morgan fingerprint density at radius 2 is 2.00 bits per heavy atom. The summed E-state index contributed by atoms with van der Waals surface area (Å²) in [5.74, 6) is 0.770. The normalized spacial score (nSPS) is 12.0. The van der Waals surface area contributed by atoms with Gasteiger partial charge in [0.2, 0.25) is 0 Å². The first-order valence-electron chi connectivity index (χ1n) is 7.15. The van der Waals surface area contributed by atoms with Crippen molar-refractivity contribution in [2.45, 2.75) is 27.7 Å². The van der Waals surface area contributed by atoms with Crippen molar-refractivity contribution in [1.82, 2.24) is 19.3 Å². The number of hydrogen-bond donors (Lipinski definition) is 1. The molecule has 0 aromatic carbocycles. The Morgan fingerprint density at radius 3 is 2.64 bits per heavy atom. The number of rotatable bonds is 5. The molecule has 1 N–H and O–H groups in total. The van der Waals surface area contributed by atoms with Crippen LogP contribution < -0.4 is 9.50 Å². The van der Waals surface area contributed by atoms with Crippen LogP contribution in [-0.4, -0.2) is 39.9 Å². The zero-order valence-corrected chi connectivity index (χ0v) is 14.8. The van der Waals surface area contributed by atoms with E-state index in [1.165, 1.54) is 12.2 Å². The molecule has 120 valence electrons. The maximum absolute atomic E-state index is 5.47. The average Bonchev–Trinajstić information content (AvgIpc) is 2.41. The first-order valence-corrected chi connectivity index (χ1v) is 7.85. The molecule has 0 aliphatic heterocycles. The summed E-state index contributed by atoms with van der Waals surface area (Å²) in [7, 11) is 3.79. The van der Waals surface area contributed by atoms with Crippen molar-refractivity contribution in [1.29, 1.82) is 0 Å². The van der Waals surface area contributed by atoms with Gasteiger partial charge in [0.1, 0.15) is 17.7 Å². The standard InChI is InChI=1S/C15H23N5OS/c1-10-7-11-8-16-14(21-22-20(5)6)19-12(11)13(18-10)17-9-15(2,3)4/h7-8H,9H2,1-6H3,(H,17,18). The van der Waals surface area contributed by atoms with E-state index >= 15 is 0 Å². The molecule has 6 nitrogen and oxygen atoms in total. The minimum atomic E-state index is 0.158. The van der Waals surface area contributed by atoms with Crippen molar-refractivity contribution in [3.8, 4) is 6.01 Å². The third kappa shape index (κ3) is 4.71. The van der Waals surface area contributed by atoms with E-state index in [1.54, 1.807) is 6.20 Å². The van der Waals surface area contributed by atoms with Crippen molar-refractivity contribution in [2.75, 3.05) is 26.0 Å². The van der Waals surface area contributed by atoms with Crippen LogP contribution in [0, 0.1) is 12.3 Å². The van der Waals surface area contributed by atoms with Gasteiger partial charge in [-0.2, -0.15) is 4.98 Å². The van der Waals surface area contributed by atoms with Gasteiger partial charge in [-0.05, 0) is 18.4 Å². The van der Waals surface area contributed by atoms with Crippen molar-refractivity contribution in [3.63, 3.8) is 0 Å². The predicted molar refractivity (Wildman–Crippen MR) is 91.9 cm³/mol. The summed E-state index contributed by atoms with van der Waals surface area (Å²) >= 11 is 1.19. The third-order valence-electron chi connectivity index (χ3n) is 2.72. The highest BCUT2D eigenvalue weighted by atomic mass is 32.2. The minimum Gasteiger partial charge on any atom is -0.372 e. The van der Waals surface area contributed by atoms with Gasteiger partial charge in [-0.3, -0.25) is 0 Å². The molecule has 22 heavy (non-hydrogen) atoms. The summed E-state index contributed by atoms with van der Waals surface area (Å²) in [6, 6.07) is 2.30. The Morgan fingerprint density at radius 1 is 1.27 bits per heavy atom. The number of hydrogen-bond acceptors (Lipinski definition) is 7. The molecule has 0 saturated heterocycles. The number of anilines is 1. The number of nitrogens with zero attached hydrogens (tertiary/aromatic N) is 4. The van der Waals surface area contributed by atoms with Crippen molar-refractivity contribution < 1.29 is 4.18 Å². The number of aromatic nitrogens is 3. The van der Waals surface area contributed by atoms with Crippen LogP contribution in [0.15, 0.2) is 12.3 Å². The van der Waals surface area contributed by atoms with E-state index in [1.807, 2.05) is 31.4 Å². The second kappa shape index (κ2) is 6.66. The molecule has 2 heterocycles. The molecule has 0 bridgehead atoms. The fourth-order valence-corrected chi connectivity index (χ4v) is 2.07. The van der Waals surface area contributed by atoms with Gasteiger partial charge < -0.3 is 9.50 Å². The molecule has 0 amide bonds. The second-order valence-corrected chi connectivity index (χ2v) is 7.63. The first kappa shape index (κ1) is 16.8. The van der Waals surface area contributed by atoms with Crippen LogP contribution in [0.4, 0.5) is 5.82 Å². The van der Waals surface area contributed by atoms with Gasteiger partial charge >= 0.3 is 6.01 Å². The highest BCUT2D eigenvalue weighted by molar-refractivity contribution is 7.92. The summed E-state index contributed by atoms with van der Waals surface area (Å²) in [4.78, 5) is 13.3. The van der Waals surface area contributed by atoms with Gasteiger partial charge in [0.15, 0.2) is 5.82 Å². The number of fused-ring (bicyclic) bond motifs is 1. The molecule has 0 aliphatic rings. The smallest absolute Gasteiger partial charge is 0.330 e. The lowest BCUT2D eigenvalue weighted by atomic mass is 9.97. The maximum atomic E-state index is 5.47. The van der Waals surface area contributed by atoms with Gasteiger partial charge in [-0.1, -0.05) is 20.8 Å². The first-order chi connectivity index (χ1) is 10.2. The fraction of sp³-hybridized carbons (Fsp3) is 0.533. The van der Waals surface area contributed by atoms with Gasteiger partial charge in [0.25, 0.3) is 0 Å². The van der Waals surface area contributed by atoms with Crippen LogP contribution in [0.2, 0.25) is 0 Å². The van der Waals surface area contributed by atoms with E-state index in [9.17, 15) is 0 Å². The van der Waals surface area contributed by atoms with Crippen LogP contribution in [0.3, 0.4) is 0 Å². The molecule has 0 unspecified atom stereocenters. The summed E-state index contributed by atoms with van der Waals surface area (Å²) in [6.45, 7) is 9.30. The minimum absolute atomic E-state index is 0.158. The highest BCUT2D eigenvalue weighted by Crippen LogP contribution is 2.24. The number of nitrogens with one attached hydrogen (secondary N) is 1. The van der Waals surface area contributed by atoms with E-state index in [-0.39, 0.29) is 5.41 Å². The van der Waals surface area contributed by atoms with E-state index in [0.717, 1.165) is 29.0 Å². The van der Waals surface area contributed by atoms with Crippen LogP contribution in [0.1, 0.15) is 26.5 Å². The molecule has 0 radical (unpaired) electrons. The van der Waals surface area contributed by atoms with E-state index in [4.69, 9.17) is 4.18 Å². The van der Waals surface area contributed by atoms with Crippen LogP contribution in [0.25, 0.3) is 10.9 Å². The maximum Gasteiger partial charge on any atom is 0.330 e. The SMILES string of the molecule is Cc1cc2cnc(OSN(C)C)nc2c(NCC(C)(C)C)n1. The quantitative estimate of drug-likeness (QED) is 0.669. The molecule has 2 rings (SSSR count). The van der Waals surface area contributed by atoms with E-state index in [2.05, 4.69) is 41.0 Å². The molecular formula is C15H23N5OS. The van der Waals surface area contributed by atoms with Crippen molar-refractivity contribution in [2.24, 2.45) is 5.41 Å². The molecule has 7 heteroatoms. The average molecular weight is 321 g/mol. The number of aryl methyl sites for hydroxylation is 1. The highest BCUT2D eigenvalue weighted by Gasteiger charge is 2.14. The molecule has 2 aromatic rings. The lowest BCUT2D eigenvalue weighted by Gasteiger charge is -2.20. The summed E-state index contributed by atoms with van der Waals surface area (Å²) in [5, 5.41) is 4.34. The Balaban J connectivity index is 2.33. The Bertz CT molecular complexity index is 654. The summed E-state index contributed by atoms with van der Waals surface area (Å²) < 4.78 is 7.30. The third-order valence-corrected chi connectivity index (χ3v) is 3.24. The summed E-state index contributed by atoms with van der Waals surface area (Å²) in [5.41, 5.74) is 1.87. The molecule has 0 fully saturated rings. The van der Waals surface area contributed by atoms with Gasteiger partial charge in [-0.25, -0.2) is 14.3 Å². The molecule has 0 spiro atoms. The van der Waals surface area contributed by atoms with Crippen LogP contribution in [0.5, 0.6) is 6.01 Å². The van der Waals surface area contributed by atoms with Crippen LogP contribution in [-0.2, 0) is 0 Å². The summed E-state index contributed by atoms with van der Waals surface area (Å²) in [6.07, 6.45) is 1.77. The zero-order chi connectivity index (χ0) is 16.3. The molecule has 0 saturated carbocycles. The number of pyridine rings is 1. The molecule has 0 aliphatic carbocycles. The van der Waals surface area contributed by atoms with Crippen molar-refractivity contribution in [3.05, 3.63) is 18.0 Å². The lowest BCUT2D eigenvalue weighted by molar-refractivity contribution is 0.442. The fourth-order valence-electron chi connectivity index (χ4n) is 1.78. The Labute approximate surface area is 136 Å². The Kier molecular flexibility index (Phi) is 5.08. The second-order valence-electron chi connectivity index (χ2n) is 6.59. The largest absolute Gasteiger partial charge is 0.372 e. The van der Waals surface area contributed by atoms with Gasteiger partial charge in [-0.15, -0.1) is 0 Å². The van der Waals surface area contributed by atoms with E-state index in [0.29, 0.717) is 6.01 Å². The molecule has 0 atom stereocenters. The zero-order valence-electron chi connectivity index (χ0n) is 14.0. The topological polar surface area (TPSA) is 63.2 Å². The lowest BCUT2D eigenvalue weighted by Crippen LogP contribution is -2.20. The van der Waals surface area contributed by atoms with E-state index < -0.39 is 0 Å². The Hall–Kier alpha value is -1.60. The molecule has 2 aromatic heterocycles. The van der Waals surface area contributed by atoms with Gasteiger partial charge in [0, 0.05) is 37.9 Å².